The minimum Gasteiger partial charge on any atom is -0.354 e. The van der Waals surface area contributed by atoms with Gasteiger partial charge >= 0.3 is 0 Å². The topological polar surface area (TPSA) is 49.4 Å². The van der Waals surface area contributed by atoms with E-state index in [1.54, 1.807) is 16.7 Å². The molecule has 0 bridgehead atoms. The Morgan fingerprint density at radius 3 is 2.31 bits per heavy atom. The summed E-state index contributed by atoms with van der Waals surface area (Å²) in [6.07, 6.45) is 2.76. The van der Waals surface area contributed by atoms with Gasteiger partial charge in [-0.25, -0.2) is 0 Å². The van der Waals surface area contributed by atoms with Crippen molar-refractivity contribution in [2.45, 2.75) is 57.0 Å². The van der Waals surface area contributed by atoms with Crippen LogP contribution >= 0.6 is 27.7 Å². The standard InChI is InChI=1S/C30H35BrN2O2S/c1-3-4-19-32-30(35)28(21-24-8-6-5-7-9-24)33(22-25-12-14-26(31)15-13-25)29(34)18-20-36-27-16-10-23(2)11-17-27/h5-17,28H,3-4,18-22H2,1-2H3,(H,32,35)/t28-/m0/s1. The first-order chi connectivity index (χ1) is 17.5. The SMILES string of the molecule is CCCCNC(=O)[C@H](Cc1ccccc1)N(Cc1ccc(Br)cc1)C(=O)CCSc1ccc(C)cc1. The lowest BCUT2D eigenvalue weighted by molar-refractivity contribution is -0.141. The number of benzene rings is 3. The van der Waals surface area contributed by atoms with Crippen molar-refractivity contribution in [3.8, 4) is 0 Å². The van der Waals surface area contributed by atoms with Crippen LogP contribution in [-0.4, -0.2) is 35.1 Å². The molecule has 0 heterocycles. The van der Waals surface area contributed by atoms with E-state index in [0.717, 1.165) is 33.3 Å². The highest BCUT2D eigenvalue weighted by Gasteiger charge is 2.30. The summed E-state index contributed by atoms with van der Waals surface area (Å²) < 4.78 is 0.983. The highest BCUT2D eigenvalue weighted by molar-refractivity contribution is 9.10. The van der Waals surface area contributed by atoms with Crippen molar-refractivity contribution in [1.29, 1.82) is 0 Å². The van der Waals surface area contributed by atoms with Crippen LogP contribution in [0.3, 0.4) is 0 Å². The second kappa shape index (κ2) is 14.9. The Morgan fingerprint density at radius 1 is 0.944 bits per heavy atom. The van der Waals surface area contributed by atoms with E-state index in [2.05, 4.69) is 59.4 Å². The van der Waals surface area contributed by atoms with Crippen molar-refractivity contribution < 1.29 is 9.59 Å². The molecule has 0 saturated heterocycles. The maximum absolute atomic E-state index is 13.6. The zero-order chi connectivity index (χ0) is 25.8. The number of halogens is 1. The lowest BCUT2D eigenvalue weighted by Crippen LogP contribution is -2.50. The van der Waals surface area contributed by atoms with E-state index >= 15 is 0 Å². The third kappa shape index (κ3) is 9.14. The Bertz CT molecular complexity index is 1090. The fourth-order valence-corrected chi connectivity index (χ4v) is 4.99. The van der Waals surface area contributed by atoms with Gasteiger partial charge in [-0.1, -0.05) is 89.4 Å². The summed E-state index contributed by atoms with van der Waals surface area (Å²) in [6.45, 7) is 5.17. The van der Waals surface area contributed by atoms with Crippen molar-refractivity contribution in [1.82, 2.24) is 10.2 Å². The van der Waals surface area contributed by atoms with Gasteiger partial charge in [-0.05, 0) is 48.7 Å². The van der Waals surface area contributed by atoms with E-state index in [1.165, 1.54) is 5.56 Å². The average molecular weight is 568 g/mol. The van der Waals surface area contributed by atoms with Gasteiger partial charge in [0.2, 0.25) is 11.8 Å². The van der Waals surface area contributed by atoms with Crippen molar-refractivity contribution in [2.75, 3.05) is 12.3 Å². The molecule has 3 aromatic carbocycles. The molecule has 3 aromatic rings. The van der Waals surface area contributed by atoms with Crippen LogP contribution < -0.4 is 5.32 Å². The van der Waals surface area contributed by atoms with Gasteiger partial charge in [-0.15, -0.1) is 11.8 Å². The van der Waals surface area contributed by atoms with Crippen LogP contribution in [0.25, 0.3) is 0 Å². The van der Waals surface area contributed by atoms with E-state index in [9.17, 15) is 9.59 Å². The van der Waals surface area contributed by atoms with E-state index in [1.807, 2.05) is 54.6 Å². The molecule has 0 spiro atoms. The van der Waals surface area contributed by atoms with Crippen LogP contribution in [0.4, 0.5) is 0 Å². The van der Waals surface area contributed by atoms with Gasteiger partial charge in [-0.2, -0.15) is 0 Å². The van der Waals surface area contributed by atoms with Gasteiger partial charge in [-0.3, -0.25) is 9.59 Å². The molecular weight excluding hydrogens is 532 g/mol. The second-order valence-corrected chi connectivity index (χ2v) is 11.0. The molecule has 36 heavy (non-hydrogen) atoms. The molecule has 0 aliphatic carbocycles. The molecule has 0 unspecified atom stereocenters. The molecule has 3 rings (SSSR count). The Labute approximate surface area is 228 Å². The molecule has 0 radical (unpaired) electrons. The number of rotatable bonds is 13. The summed E-state index contributed by atoms with van der Waals surface area (Å²) in [5, 5.41) is 3.08. The van der Waals surface area contributed by atoms with E-state index in [0.29, 0.717) is 31.7 Å². The minimum absolute atomic E-state index is 0.0101. The van der Waals surface area contributed by atoms with Gasteiger partial charge in [0.05, 0.1) is 0 Å². The predicted molar refractivity (Wildman–Crippen MR) is 153 cm³/mol. The zero-order valence-electron chi connectivity index (χ0n) is 21.1. The van der Waals surface area contributed by atoms with Crippen LogP contribution in [0.2, 0.25) is 0 Å². The van der Waals surface area contributed by atoms with Crippen molar-refractivity contribution in [3.05, 3.63) is 100 Å². The van der Waals surface area contributed by atoms with Gasteiger partial charge in [0.25, 0.3) is 0 Å². The first-order valence-electron chi connectivity index (χ1n) is 12.5. The monoisotopic (exact) mass is 566 g/mol. The molecule has 0 aromatic heterocycles. The summed E-state index contributed by atoms with van der Waals surface area (Å²) in [6, 6.07) is 25.6. The summed E-state index contributed by atoms with van der Waals surface area (Å²) in [7, 11) is 0. The number of nitrogens with one attached hydrogen (secondary N) is 1. The smallest absolute Gasteiger partial charge is 0.243 e. The van der Waals surface area contributed by atoms with E-state index in [-0.39, 0.29) is 11.8 Å². The van der Waals surface area contributed by atoms with E-state index < -0.39 is 6.04 Å². The van der Waals surface area contributed by atoms with Crippen molar-refractivity contribution in [2.24, 2.45) is 0 Å². The van der Waals surface area contributed by atoms with Crippen LogP contribution in [0.15, 0.2) is 88.2 Å². The van der Waals surface area contributed by atoms with Gasteiger partial charge in [0, 0.05) is 41.1 Å². The van der Waals surface area contributed by atoms with Gasteiger partial charge in [0.15, 0.2) is 0 Å². The molecule has 2 amide bonds. The van der Waals surface area contributed by atoms with Crippen molar-refractivity contribution >= 4 is 39.5 Å². The molecule has 0 saturated carbocycles. The van der Waals surface area contributed by atoms with Crippen LogP contribution in [0.5, 0.6) is 0 Å². The Hall–Kier alpha value is -2.57. The Balaban J connectivity index is 1.81. The number of carbonyl (C=O) groups excluding carboxylic acids is 2. The number of hydrogen-bond acceptors (Lipinski definition) is 3. The Kier molecular flexibility index (Phi) is 11.6. The largest absolute Gasteiger partial charge is 0.354 e. The summed E-state index contributed by atoms with van der Waals surface area (Å²) in [5.41, 5.74) is 3.25. The molecule has 0 aliphatic rings. The number of amides is 2. The first kappa shape index (κ1) is 28.0. The minimum atomic E-state index is -0.579. The quantitative estimate of drug-likeness (QED) is 0.183. The van der Waals surface area contributed by atoms with Gasteiger partial charge < -0.3 is 10.2 Å². The zero-order valence-corrected chi connectivity index (χ0v) is 23.5. The average Bonchev–Trinajstić information content (AvgIpc) is 2.89. The van der Waals surface area contributed by atoms with Crippen molar-refractivity contribution in [3.63, 3.8) is 0 Å². The molecule has 1 atom stereocenters. The maximum Gasteiger partial charge on any atom is 0.243 e. The second-order valence-electron chi connectivity index (χ2n) is 8.91. The van der Waals surface area contributed by atoms with E-state index in [4.69, 9.17) is 0 Å². The number of unbranched alkanes of at least 4 members (excludes halogenated alkanes) is 1. The molecule has 190 valence electrons. The number of hydrogen-bond donors (Lipinski definition) is 1. The van der Waals surface area contributed by atoms with Crippen LogP contribution in [0, 0.1) is 6.92 Å². The number of thioether (sulfide) groups is 1. The normalized spacial score (nSPS) is 11.6. The fourth-order valence-electron chi connectivity index (χ4n) is 3.88. The highest BCUT2D eigenvalue weighted by Crippen LogP contribution is 2.22. The number of nitrogens with zero attached hydrogens (tertiary/aromatic N) is 1. The molecule has 6 heteroatoms. The lowest BCUT2D eigenvalue weighted by Gasteiger charge is -2.31. The number of aryl methyl sites for hydroxylation is 1. The summed E-state index contributed by atoms with van der Waals surface area (Å²) in [4.78, 5) is 30.0. The van der Waals surface area contributed by atoms with Crippen LogP contribution in [0.1, 0.15) is 42.9 Å². The van der Waals surface area contributed by atoms with Crippen LogP contribution in [-0.2, 0) is 22.6 Å². The summed E-state index contributed by atoms with van der Waals surface area (Å²) in [5.74, 6) is 0.557. The third-order valence-electron chi connectivity index (χ3n) is 5.97. The first-order valence-corrected chi connectivity index (χ1v) is 14.3. The maximum atomic E-state index is 13.6. The molecular formula is C30H35BrN2O2S. The summed E-state index contributed by atoms with van der Waals surface area (Å²) >= 11 is 5.16. The molecule has 0 aliphatic heterocycles. The third-order valence-corrected chi connectivity index (χ3v) is 7.51. The Morgan fingerprint density at radius 2 is 1.64 bits per heavy atom. The molecule has 4 nitrogen and oxygen atoms in total. The highest BCUT2D eigenvalue weighted by atomic mass is 79.9. The van der Waals surface area contributed by atoms with Gasteiger partial charge in [0.1, 0.15) is 6.04 Å². The fraction of sp³-hybridized carbons (Fsp3) is 0.333. The lowest BCUT2D eigenvalue weighted by atomic mass is 10.0. The number of carbonyl (C=O) groups is 2. The molecule has 1 N–H and O–H groups in total. The molecule has 0 fully saturated rings. The predicted octanol–water partition coefficient (Wildman–Crippen LogP) is 6.80.